The minimum atomic E-state index is -1.06. The van der Waals surface area contributed by atoms with Crippen molar-refractivity contribution in [2.75, 3.05) is 39.4 Å². The van der Waals surface area contributed by atoms with Crippen molar-refractivity contribution >= 4 is 11.9 Å². The Bertz CT molecular complexity index is 304. The number of nitrogens with zero attached hydrogens (tertiary/aromatic N) is 1. The molecule has 1 heterocycles. The second-order valence-corrected chi connectivity index (χ2v) is 5.55. The summed E-state index contributed by atoms with van der Waals surface area (Å²) in [7, 11) is 0. The number of aliphatic carboxylic acids is 1. The van der Waals surface area contributed by atoms with E-state index in [2.05, 4.69) is 10.2 Å². The average Bonchev–Trinajstić information content (AvgIpc) is 2.47. The highest BCUT2D eigenvalue weighted by atomic mass is 16.5. The van der Waals surface area contributed by atoms with Crippen molar-refractivity contribution in [1.82, 2.24) is 10.2 Å². The van der Waals surface area contributed by atoms with Gasteiger partial charge in [-0.1, -0.05) is 19.3 Å². The van der Waals surface area contributed by atoms with Crippen molar-refractivity contribution < 1.29 is 19.4 Å². The Balaban J connectivity index is 1.83. The second-order valence-electron chi connectivity index (χ2n) is 5.55. The summed E-state index contributed by atoms with van der Waals surface area (Å²) in [6.07, 6.45) is 8.57. The van der Waals surface area contributed by atoms with Crippen molar-refractivity contribution in [3.63, 3.8) is 0 Å². The number of hydrogen-bond donors (Lipinski definition) is 2. The van der Waals surface area contributed by atoms with Gasteiger partial charge in [0, 0.05) is 6.54 Å². The van der Waals surface area contributed by atoms with E-state index in [9.17, 15) is 9.59 Å². The van der Waals surface area contributed by atoms with Gasteiger partial charge in [0.05, 0.1) is 0 Å². The summed E-state index contributed by atoms with van der Waals surface area (Å²) < 4.78 is 4.70. The van der Waals surface area contributed by atoms with Gasteiger partial charge >= 0.3 is 5.97 Å². The van der Waals surface area contributed by atoms with Crippen LogP contribution in [0.25, 0.3) is 0 Å². The van der Waals surface area contributed by atoms with Gasteiger partial charge in [0.1, 0.15) is 13.2 Å². The molecule has 1 rings (SSSR count). The minimum Gasteiger partial charge on any atom is -0.480 e. The molecule has 6 nitrogen and oxygen atoms in total. The maximum absolute atomic E-state index is 11.3. The van der Waals surface area contributed by atoms with Gasteiger partial charge in [-0.15, -0.1) is 0 Å². The highest BCUT2D eigenvalue weighted by Crippen LogP contribution is 2.10. The second kappa shape index (κ2) is 11.5. The monoisotopic (exact) mass is 300 g/mol. The molecule has 0 bridgehead atoms. The molecule has 0 aromatic heterocycles. The Morgan fingerprint density at radius 1 is 1.00 bits per heavy atom. The Kier molecular flexibility index (Phi) is 9.82. The maximum atomic E-state index is 11.3. The molecule has 0 radical (unpaired) electrons. The lowest BCUT2D eigenvalue weighted by molar-refractivity contribution is -0.143. The first-order valence-electron chi connectivity index (χ1n) is 7.97. The molecule has 0 spiro atoms. The summed E-state index contributed by atoms with van der Waals surface area (Å²) in [5.74, 6) is -1.30. The minimum absolute atomic E-state index is 0.179. The number of carbonyl (C=O) groups excluding carboxylic acids is 1. The third-order valence-corrected chi connectivity index (χ3v) is 3.63. The van der Waals surface area contributed by atoms with Crippen LogP contribution in [0.15, 0.2) is 0 Å². The summed E-state index contributed by atoms with van der Waals surface area (Å²) in [5, 5.41) is 11.1. The predicted molar refractivity (Wildman–Crippen MR) is 80.2 cm³/mol. The smallest absolute Gasteiger partial charge is 0.329 e. The van der Waals surface area contributed by atoms with E-state index in [0.29, 0.717) is 6.54 Å². The van der Waals surface area contributed by atoms with Crippen LogP contribution in [0.5, 0.6) is 0 Å². The van der Waals surface area contributed by atoms with Crippen LogP contribution in [0.1, 0.15) is 44.9 Å². The fraction of sp³-hybridized carbons (Fsp3) is 0.867. The van der Waals surface area contributed by atoms with Crippen LogP contribution in [0.2, 0.25) is 0 Å². The molecule has 1 amide bonds. The SMILES string of the molecule is O=C(O)COCC(=O)NCCCCCCN1CCCCC1. The molecule has 0 aliphatic carbocycles. The van der Waals surface area contributed by atoms with Gasteiger partial charge in [-0.25, -0.2) is 4.79 Å². The van der Waals surface area contributed by atoms with E-state index in [-0.39, 0.29) is 12.5 Å². The van der Waals surface area contributed by atoms with Gasteiger partial charge in [0.15, 0.2) is 0 Å². The normalized spacial score (nSPS) is 15.8. The number of hydrogen-bond acceptors (Lipinski definition) is 4. The van der Waals surface area contributed by atoms with Gasteiger partial charge in [0.2, 0.25) is 5.91 Å². The number of carboxylic acids is 1. The molecular formula is C15H28N2O4. The van der Waals surface area contributed by atoms with E-state index in [4.69, 9.17) is 9.84 Å². The lowest BCUT2D eigenvalue weighted by atomic mass is 10.1. The number of carbonyl (C=O) groups is 2. The standard InChI is InChI=1S/C15H28N2O4/c18-14(12-21-13-15(19)20)16-8-4-1-2-5-9-17-10-6-3-7-11-17/h1-13H2,(H,16,18)(H,19,20). The zero-order chi connectivity index (χ0) is 15.3. The summed E-state index contributed by atoms with van der Waals surface area (Å²) in [4.78, 5) is 24.0. The maximum Gasteiger partial charge on any atom is 0.329 e. The highest BCUT2D eigenvalue weighted by molar-refractivity contribution is 5.77. The van der Waals surface area contributed by atoms with Crippen molar-refractivity contribution in [1.29, 1.82) is 0 Å². The molecule has 0 saturated carbocycles. The van der Waals surface area contributed by atoms with Crippen molar-refractivity contribution in [2.45, 2.75) is 44.9 Å². The molecule has 1 aliphatic heterocycles. The molecule has 0 aromatic rings. The first-order chi connectivity index (χ1) is 10.2. The van der Waals surface area contributed by atoms with E-state index in [1.807, 2.05) is 0 Å². The van der Waals surface area contributed by atoms with Crippen LogP contribution in [-0.2, 0) is 14.3 Å². The molecule has 6 heteroatoms. The van der Waals surface area contributed by atoms with Crippen LogP contribution in [-0.4, -0.2) is 61.3 Å². The Hall–Kier alpha value is -1.14. The van der Waals surface area contributed by atoms with Crippen molar-refractivity contribution in [3.05, 3.63) is 0 Å². The van der Waals surface area contributed by atoms with Gasteiger partial charge in [0.25, 0.3) is 0 Å². The Morgan fingerprint density at radius 2 is 1.71 bits per heavy atom. The highest BCUT2D eigenvalue weighted by Gasteiger charge is 2.08. The Labute approximate surface area is 126 Å². The predicted octanol–water partition coefficient (Wildman–Crippen LogP) is 1.25. The van der Waals surface area contributed by atoms with Crippen LogP contribution in [0, 0.1) is 0 Å². The number of unbranched alkanes of at least 4 members (excludes halogenated alkanes) is 3. The first kappa shape index (κ1) is 17.9. The number of rotatable bonds is 11. The number of piperidine rings is 1. The third-order valence-electron chi connectivity index (χ3n) is 3.63. The number of carboxylic acid groups (broad SMARTS) is 1. The third kappa shape index (κ3) is 10.3. The van der Waals surface area contributed by atoms with Crippen LogP contribution in [0.4, 0.5) is 0 Å². The topological polar surface area (TPSA) is 78.9 Å². The molecule has 1 aliphatic rings. The van der Waals surface area contributed by atoms with Crippen molar-refractivity contribution in [3.8, 4) is 0 Å². The first-order valence-corrected chi connectivity index (χ1v) is 7.97. The van der Waals surface area contributed by atoms with Gasteiger partial charge < -0.3 is 20.1 Å². The van der Waals surface area contributed by atoms with E-state index < -0.39 is 12.6 Å². The van der Waals surface area contributed by atoms with Crippen molar-refractivity contribution in [2.24, 2.45) is 0 Å². The fourth-order valence-electron chi connectivity index (χ4n) is 2.51. The number of ether oxygens (including phenoxy) is 1. The van der Waals surface area contributed by atoms with Gasteiger partial charge in [-0.3, -0.25) is 4.79 Å². The molecule has 2 N–H and O–H groups in total. The fourth-order valence-corrected chi connectivity index (χ4v) is 2.51. The van der Waals surface area contributed by atoms with E-state index >= 15 is 0 Å². The Morgan fingerprint density at radius 3 is 2.43 bits per heavy atom. The van der Waals surface area contributed by atoms with Gasteiger partial charge in [-0.05, 0) is 45.3 Å². The average molecular weight is 300 g/mol. The largest absolute Gasteiger partial charge is 0.480 e. The van der Waals surface area contributed by atoms with Crippen LogP contribution >= 0.6 is 0 Å². The summed E-state index contributed by atoms with van der Waals surface area (Å²) >= 11 is 0. The zero-order valence-electron chi connectivity index (χ0n) is 12.8. The lowest BCUT2D eigenvalue weighted by Gasteiger charge is -2.26. The summed E-state index contributed by atoms with van der Waals surface area (Å²) in [6.45, 7) is 3.75. The van der Waals surface area contributed by atoms with Crippen LogP contribution < -0.4 is 5.32 Å². The quantitative estimate of drug-likeness (QED) is 0.561. The van der Waals surface area contributed by atoms with E-state index in [1.54, 1.807) is 0 Å². The van der Waals surface area contributed by atoms with Crippen LogP contribution in [0.3, 0.4) is 0 Å². The van der Waals surface area contributed by atoms with Gasteiger partial charge in [-0.2, -0.15) is 0 Å². The number of likely N-dealkylation sites (tertiary alicyclic amines) is 1. The van der Waals surface area contributed by atoms with E-state index in [0.717, 1.165) is 12.8 Å². The zero-order valence-corrected chi connectivity index (χ0v) is 12.8. The molecule has 1 fully saturated rings. The molecule has 1 saturated heterocycles. The lowest BCUT2D eigenvalue weighted by Crippen LogP contribution is -2.30. The summed E-state index contributed by atoms with van der Waals surface area (Å²) in [6, 6.07) is 0. The molecule has 0 atom stereocenters. The summed E-state index contributed by atoms with van der Waals surface area (Å²) in [5.41, 5.74) is 0. The molecule has 0 unspecified atom stereocenters. The molecule has 122 valence electrons. The molecule has 21 heavy (non-hydrogen) atoms. The molecular weight excluding hydrogens is 272 g/mol. The number of amides is 1. The molecule has 0 aromatic carbocycles. The number of nitrogens with one attached hydrogen (secondary N) is 1. The van der Waals surface area contributed by atoms with E-state index in [1.165, 1.54) is 51.7 Å².